The van der Waals surface area contributed by atoms with Crippen molar-refractivity contribution in [1.29, 1.82) is 0 Å². The second kappa shape index (κ2) is 9.75. The van der Waals surface area contributed by atoms with E-state index in [1.165, 1.54) is 0 Å². The van der Waals surface area contributed by atoms with Gasteiger partial charge in [-0.05, 0) is 16.3 Å². The van der Waals surface area contributed by atoms with E-state index >= 15 is 0 Å². The highest BCUT2D eigenvalue weighted by molar-refractivity contribution is 5.90. The van der Waals surface area contributed by atoms with Gasteiger partial charge in [-0.3, -0.25) is 4.79 Å². The van der Waals surface area contributed by atoms with Crippen LogP contribution < -0.4 is 5.32 Å². The molecule has 1 heterocycles. The summed E-state index contributed by atoms with van der Waals surface area (Å²) in [5, 5.41) is 50.4. The van der Waals surface area contributed by atoms with E-state index in [2.05, 4.69) is 5.32 Å². The number of hydrogen-bond donors (Lipinski definition) is 6. The predicted molar refractivity (Wildman–Crippen MR) is 97.7 cm³/mol. The zero-order valence-electron chi connectivity index (χ0n) is 14.9. The second-order valence-corrected chi connectivity index (χ2v) is 6.14. The van der Waals surface area contributed by atoms with Crippen molar-refractivity contribution < 1.29 is 35.1 Å². The highest BCUT2D eigenvalue weighted by Crippen LogP contribution is 2.21. The van der Waals surface area contributed by atoms with E-state index in [0.29, 0.717) is 0 Å². The van der Waals surface area contributed by atoms with Crippen LogP contribution in [-0.4, -0.2) is 75.8 Å². The molecule has 0 spiro atoms. The number of fused-ring (bicyclic) bond motifs is 1. The highest BCUT2D eigenvalue weighted by atomic mass is 16.6. The van der Waals surface area contributed by atoms with Gasteiger partial charge in [-0.25, -0.2) is 0 Å². The normalized spacial score (nSPS) is 27.6. The standard InChI is InChI=1S/C18H21NO6.CH4O/c20-9-13-16(22)17(23)15(18(24)25-13)19-14(21)8-11-6-3-5-10-4-1-2-7-12(10)11;1-2/h1-7,13,15-18,20,22-24H,8-9H2,(H,19,21);2H,1H3/t13-,15-,16-,17-,18-;/m1./s1. The van der Waals surface area contributed by atoms with E-state index in [-0.39, 0.29) is 6.42 Å². The molecule has 0 aromatic heterocycles. The summed E-state index contributed by atoms with van der Waals surface area (Å²) in [4.78, 5) is 12.4. The smallest absolute Gasteiger partial charge is 0.224 e. The van der Waals surface area contributed by atoms with Crippen LogP contribution in [0, 0.1) is 0 Å². The Balaban J connectivity index is 0.00000126. The molecule has 1 fully saturated rings. The summed E-state index contributed by atoms with van der Waals surface area (Å²) < 4.78 is 5.03. The van der Waals surface area contributed by atoms with Gasteiger partial charge in [0.05, 0.1) is 13.0 Å². The van der Waals surface area contributed by atoms with Crippen molar-refractivity contribution in [1.82, 2.24) is 5.32 Å². The van der Waals surface area contributed by atoms with Crippen LogP contribution in [0.1, 0.15) is 5.56 Å². The molecule has 1 amide bonds. The highest BCUT2D eigenvalue weighted by Gasteiger charge is 2.44. The zero-order valence-corrected chi connectivity index (χ0v) is 14.9. The summed E-state index contributed by atoms with van der Waals surface area (Å²) in [6.45, 7) is -0.550. The van der Waals surface area contributed by atoms with Crippen LogP contribution in [0.25, 0.3) is 10.8 Å². The number of hydrogen-bond acceptors (Lipinski definition) is 7. The molecule has 2 aromatic carbocycles. The summed E-state index contributed by atoms with van der Waals surface area (Å²) in [6, 6.07) is 12.1. The molecule has 6 N–H and O–H groups in total. The lowest BCUT2D eigenvalue weighted by Gasteiger charge is -2.40. The topological polar surface area (TPSA) is 139 Å². The van der Waals surface area contributed by atoms with E-state index in [9.17, 15) is 20.1 Å². The Hall–Kier alpha value is -2.07. The average molecular weight is 379 g/mol. The molecule has 148 valence electrons. The van der Waals surface area contributed by atoms with Crippen molar-refractivity contribution in [3.05, 3.63) is 48.0 Å². The van der Waals surface area contributed by atoms with E-state index < -0.39 is 43.2 Å². The molecule has 2 aromatic rings. The minimum absolute atomic E-state index is 0.0524. The van der Waals surface area contributed by atoms with Gasteiger partial charge in [0.1, 0.15) is 24.4 Å². The first-order chi connectivity index (χ1) is 13.0. The van der Waals surface area contributed by atoms with Gasteiger partial charge >= 0.3 is 0 Å². The molecule has 1 aliphatic heterocycles. The molecule has 0 aliphatic carbocycles. The Morgan fingerprint density at radius 1 is 1.04 bits per heavy atom. The number of rotatable bonds is 4. The molecular formula is C19H25NO7. The summed E-state index contributed by atoms with van der Waals surface area (Å²) in [7, 11) is 1.00. The largest absolute Gasteiger partial charge is 0.400 e. The first-order valence-corrected chi connectivity index (χ1v) is 8.52. The van der Waals surface area contributed by atoms with Crippen LogP contribution in [0.15, 0.2) is 42.5 Å². The third kappa shape index (κ3) is 4.81. The quantitative estimate of drug-likeness (QED) is 0.397. The van der Waals surface area contributed by atoms with Crippen molar-refractivity contribution in [2.45, 2.75) is 37.1 Å². The molecule has 27 heavy (non-hydrogen) atoms. The van der Waals surface area contributed by atoms with E-state index in [0.717, 1.165) is 23.4 Å². The van der Waals surface area contributed by atoms with Gasteiger partial charge in [-0.15, -0.1) is 0 Å². The van der Waals surface area contributed by atoms with E-state index in [1.807, 2.05) is 42.5 Å². The van der Waals surface area contributed by atoms with Gasteiger partial charge in [-0.1, -0.05) is 42.5 Å². The van der Waals surface area contributed by atoms with Crippen LogP contribution in [0.4, 0.5) is 0 Å². The number of nitrogens with one attached hydrogen (secondary N) is 1. The van der Waals surface area contributed by atoms with Gasteiger partial charge in [0, 0.05) is 7.11 Å². The lowest BCUT2D eigenvalue weighted by molar-refractivity contribution is -0.253. The maximum absolute atomic E-state index is 12.4. The van der Waals surface area contributed by atoms with Gasteiger partial charge in [0.2, 0.25) is 5.91 Å². The number of aliphatic hydroxyl groups is 5. The monoisotopic (exact) mass is 379 g/mol. The Kier molecular flexibility index (Phi) is 7.66. The SMILES string of the molecule is CO.O=C(Cc1cccc2ccccc12)N[C@@H]1[C@@H](O)[C@H](O)[C@@H](CO)O[C@H]1O. The Labute approximate surface area is 156 Å². The first-order valence-electron chi connectivity index (χ1n) is 8.52. The molecule has 3 rings (SSSR count). The second-order valence-electron chi connectivity index (χ2n) is 6.14. The fourth-order valence-corrected chi connectivity index (χ4v) is 3.11. The molecule has 5 atom stereocenters. The molecule has 1 aliphatic rings. The summed E-state index contributed by atoms with van der Waals surface area (Å²) >= 11 is 0. The molecule has 0 radical (unpaired) electrons. The van der Waals surface area contributed by atoms with E-state index in [1.54, 1.807) is 0 Å². The van der Waals surface area contributed by atoms with Crippen molar-refractivity contribution >= 4 is 16.7 Å². The van der Waals surface area contributed by atoms with Crippen molar-refractivity contribution in [3.63, 3.8) is 0 Å². The first kappa shape index (κ1) is 21.2. The number of aliphatic hydroxyl groups excluding tert-OH is 5. The lowest BCUT2D eigenvalue weighted by atomic mass is 9.96. The maximum atomic E-state index is 12.4. The van der Waals surface area contributed by atoms with Crippen LogP contribution in [0.3, 0.4) is 0 Å². The number of carbonyl (C=O) groups excluding carboxylic acids is 1. The molecule has 0 saturated carbocycles. The van der Waals surface area contributed by atoms with Crippen LogP contribution in [-0.2, 0) is 16.0 Å². The molecular weight excluding hydrogens is 354 g/mol. The Morgan fingerprint density at radius 3 is 2.41 bits per heavy atom. The van der Waals surface area contributed by atoms with Crippen LogP contribution in [0.5, 0.6) is 0 Å². The number of carbonyl (C=O) groups is 1. The van der Waals surface area contributed by atoms with Gasteiger partial charge in [-0.2, -0.15) is 0 Å². The summed E-state index contributed by atoms with van der Waals surface area (Å²) in [6.07, 6.45) is -5.42. The predicted octanol–water partition coefficient (Wildman–Crippen LogP) is -1.09. The van der Waals surface area contributed by atoms with Gasteiger partial charge < -0.3 is 35.6 Å². The fraction of sp³-hybridized carbons (Fsp3) is 0.421. The van der Waals surface area contributed by atoms with Crippen molar-refractivity contribution in [2.24, 2.45) is 0 Å². The van der Waals surface area contributed by atoms with Crippen molar-refractivity contribution in [3.8, 4) is 0 Å². The number of ether oxygens (including phenoxy) is 1. The van der Waals surface area contributed by atoms with Crippen LogP contribution in [0.2, 0.25) is 0 Å². The molecule has 0 bridgehead atoms. The third-order valence-corrected chi connectivity index (χ3v) is 4.46. The third-order valence-electron chi connectivity index (χ3n) is 4.46. The van der Waals surface area contributed by atoms with Crippen LogP contribution >= 0.6 is 0 Å². The fourth-order valence-electron chi connectivity index (χ4n) is 3.11. The molecule has 0 unspecified atom stereocenters. The molecule has 8 heteroatoms. The minimum Gasteiger partial charge on any atom is -0.400 e. The van der Waals surface area contributed by atoms with Gasteiger partial charge in [0.25, 0.3) is 0 Å². The maximum Gasteiger partial charge on any atom is 0.224 e. The summed E-state index contributed by atoms with van der Waals surface area (Å²) in [5.74, 6) is -0.419. The van der Waals surface area contributed by atoms with Gasteiger partial charge in [0.15, 0.2) is 6.29 Å². The number of benzene rings is 2. The van der Waals surface area contributed by atoms with E-state index in [4.69, 9.17) is 14.9 Å². The Bertz CT molecular complexity index is 748. The number of amides is 1. The summed E-state index contributed by atoms with van der Waals surface area (Å²) in [5.41, 5.74) is 0.810. The van der Waals surface area contributed by atoms with Crippen molar-refractivity contribution in [2.75, 3.05) is 13.7 Å². The lowest BCUT2D eigenvalue weighted by Crippen LogP contribution is -2.64. The average Bonchev–Trinajstić information content (AvgIpc) is 2.70. The molecule has 8 nitrogen and oxygen atoms in total. The molecule has 1 saturated heterocycles. The minimum atomic E-state index is -1.52. The Morgan fingerprint density at radius 2 is 1.70 bits per heavy atom. The zero-order chi connectivity index (χ0) is 20.0.